The molecular formula is C16H20BrClN4O2S. The Hall–Kier alpha value is -1.35. The number of halogens is 2. The van der Waals surface area contributed by atoms with E-state index < -0.39 is 0 Å². The van der Waals surface area contributed by atoms with Gasteiger partial charge in [0.25, 0.3) is 5.91 Å². The predicted octanol–water partition coefficient (Wildman–Crippen LogP) is 3.37. The molecule has 1 aliphatic heterocycles. The fourth-order valence-electron chi connectivity index (χ4n) is 2.40. The zero-order chi connectivity index (χ0) is 17.3. The third-order valence-electron chi connectivity index (χ3n) is 3.72. The molecule has 3 rings (SSSR count). The Labute approximate surface area is 166 Å². The van der Waals surface area contributed by atoms with Crippen LogP contribution in [0.1, 0.15) is 0 Å². The zero-order valence-corrected chi connectivity index (χ0v) is 17.5. The van der Waals surface area contributed by atoms with E-state index in [4.69, 9.17) is 16.3 Å². The molecule has 25 heavy (non-hydrogen) atoms. The SMILES string of the molecule is Br.CN(C)CCNc1nc(-c2cc(Cl)cc3c2OCC(=O)N3C)cs1. The van der Waals surface area contributed by atoms with Gasteiger partial charge >= 0.3 is 0 Å². The number of fused-ring (bicyclic) bond motifs is 1. The van der Waals surface area contributed by atoms with Crippen LogP contribution in [0.3, 0.4) is 0 Å². The van der Waals surface area contributed by atoms with Gasteiger partial charge in [-0.3, -0.25) is 4.79 Å². The summed E-state index contributed by atoms with van der Waals surface area (Å²) in [6.45, 7) is 1.77. The molecule has 2 heterocycles. The number of rotatable bonds is 5. The highest BCUT2D eigenvalue weighted by Crippen LogP contribution is 2.43. The van der Waals surface area contributed by atoms with Crippen LogP contribution in [0.2, 0.25) is 5.02 Å². The second kappa shape index (κ2) is 8.35. The number of carbonyl (C=O) groups is 1. The van der Waals surface area contributed by atoms with Gasteiger partial charge in [0, 0.05) is 36.1 Å². The molecule has 0 fully saturated rings. The van der Waals surface area contributed by atoms with E-state index in [2.05, 4.69) is 15.2 Å². The highest BCUT2D eigenvalue weighted by Gasteiger charge is 2.26. The quantitative estimate of drug-likeness (QED) is 0.761. The van der Waals surface area contributed by atoms with E-state index >= 15 is 0 Å². The van der Waals surface area contributed by atoms with E-state index in [1.54, 1.807) is 18.0 Å². The first kappa shape index (κ1) is 20.0. The Kier molecular flexibility index (Phi) is 6.67. The molecular weight excluding hydrogens is 428 g/mol. The van der Waals surface area contributed by atoms with Crippen LogP contribution in [-0.4, -0.2) is 56.6 Å². The number of nitrogens with zero attached hydrogens (tertiary/aromatic N) is 3. The number of likely N-dealkylation sites (N-methyl/N-ethyl adjacent to an activating group) is 2. The fourth-order valence-corrected chi connectivity index (χ4v) is 3.35. The summed E-state index contributed by atoms with van der Waals surface area (Å²) >= 11 is 7.76. The summed E-state index contributed by atoms with van der Waals surface area (Å²) in [6.07, 6.45) is 0. The summed E-state index contributed by atoms with van der Waals surface area (Å²) in [6, 6.07) is 3.56. The smallest absolute Gasteiger partial charge is 0.264 e. The minimum Gasteiger partial charge on any atom is -0.481 e. The topological polar surface area (TPSA) is 57.7 Å². The molecule has 0 bridgehead atoms. The molecule has 0 spiro atoms. The Balaban J connectivity index is 0.00000225. The first-order valence-corrected chi connectivity index (χ1v) is 8.79. The minimum atomic E-state index is -0.0972. The summed E-state index contributed by atoms with van der Waals surface area (Å²) < 4.78 is 5.66. The van der Waals surface area contributed by atoms with Crippen molar-refractivity contribution in [1.29, 1.82) is 0 Å². The van der Waals surface area contributed by atoms with Crippen molar-refractivity contribution in [2.24, 2.45) is 0 Å². The molecule has 1 aromatic heterocycles. The molecule has 9 heteroatoms. The Morgan fingerprint density at radius 2 is 2.20 bits per heavy atom. The Bertz CT molecular complexity index is 769. The molecule has 1 N–H and O–H groups in total. The number of thiazole rings is 1. The zero-order valence-electron chi connectivity index (χ0n) is 14.2. The van der Waals surface area contributed by atoms with Gasteiger partial charge in [-0.15, -0.1) is 28.3 Å². The van der Waals surface area contributed by atoms with Crippen molar-refractivity contribution in [3.63, 3.8) is 0 Å². The number of ether oxygens (including phenoxy) is 1. The predicted molar refractivity (Wildman–Crippen MR) is 109 cm³/mol. The lowest BCUT2D eigenvalue weighted by Crippen LogP contribution is -2.35. The highest BCUT2D eigenvalue weighted by molar-refractivity contribution is 8.93. The largest absolute Gasteiger partial charge is 0.481 e. The van der Waals surface area contributed by atoms with Gasteiger partial charge in [0.2, 0.25) is 0 Å². The monoisotopic (exact) mass is 446 g/mol. The van der Waals surface area contributed by atoms with Gasteiger partial charge in [-0.25, -0.2) is 4.98 Å². The molecule has 136 valence electrons. The third-order valence-corrected chi connectivity index (χ3v) is 4.74. The number of benzene rings is 1. The molecule has 0 aliphatic carbocycles. The Morgan fingerprint density at radius 1 is 1.44 bits per heavy atom. The van der Waals surface area contributed by atoms with Gasteiger partial charge in [0.05, 0.1) is 11.4 Å². The maximum atomic E-state index is 11.8. The summed E-state index contributed by atoms with van der Waals surface area (Å²) in [5, 5.41) is 6.66. The van der Waals surface area contributed by atoms with Crippen molar-refractivity contribution in [3.05, 3.63) is 22.5 Å². The van der Waals surface area contributed by atoms with Crippen LogP contribution >= 0.6 is 39.9 Å². The molecule has 2 aromatic rings. The summed E-state index contributed by atoms with van der Waals surface area (Å²) in [7, 11) is 5.78. The number of hydrogen-bond donors (Lipinski definition) is 1. The van der Waals surface area contributed by atoms with Crippen molar-refractivity contribution < 1.29 is 9.53 Å². The maximum absolute atomic E-state index is 11.8. The number of hydrogen-bond acceptors (Lipinski definition) is 6. The van der Waals surface area contributed by atoms with Crippen molar-refractivity contribution in [2.75, 3.05) is 51.1 Å². The van der Waals surface area contributed by atoms with Crippen LogP contribution in [0.25, 0.3) is 11.3 Å². The van der Waals surface area contributed by atoms with Crippen LogP contribution in [-0.2, 0) is 4.79 Å². The van der Waals surface area contributed by atoms with Crippen LogP contribution in [0, 0.1) is 0 Å². The van der Waals surface area contributed by atoms with E-state index in [1.165, 1.54) is 11.3 Å². The van der Waals surface area contributed by atoms with Gasteiger partial charge in [-0.2, -0.15) is 0 Å². The molecule has 0 unspecified atom stereocenters. The summed E-state index contributed by atoms with van der Waals surface area (Å²) in [5.74, 6) is 0.548. The number of carbonyl (C=O) groups excluding carboxylic acids is 1. The van der Waals surface area contributed by atoms with E-state index in [9.17, 15) is 4.79 Å². The molecule has 0 atom stereocenters. The van der Waals surface area contributed by atoms with Gasteiger partial charge in [0.15, 0.2) is 17.5 Å². The van der Waals surface area contributed by atoms with Crippen molar-refractivity contribution in [1.82, 2.24) is 9.88 Å². The molecule has 6 nitrogen and oxygen atoms in total. The van der Waals surface area contributed by atoms with Crippen LogP contribution in [0.15, 0.2) is 17.5 Å². The second-order valence-corrected chi connectivity index (χ2v) is 7.11. The average molecular weight is 448 g/mol. The van der Waals surface area contributed by atoms with E-state index in [1.807, 2.05) is 25.5 Å². The number of amides is 1. The highest BCUT2D eigenvalue weighted by atomic mass is 79.9. The summed E-state index contributed by atoms with van der Waals surface area (Å²) in [5.41, 5.74) is 2.26. The van der Waals surface area contributed by atoms with Crippen molar-refractivity contribution >= 4 is 56.6 Å². The second-order valence-electron chi connectivity index (χ2n) is 5.81. The summed E-state index contributed by atoms with van der Waals surface area (Å²) in [4.78, 5) is 20.1. The molecule has 0 saturated heterocycles. The fraction of sp³-hybridized carbons (Fsp3) is 0.375. The van der Waals surface area contributed by atoms with Crippen molar-refractivity contribution in [3.8, 4) is 17.0 Å². The average Bonchev–Trinajstić information content (AvgIpc) is 2.99. The minimum absolute atomic E-state index is 0. The van der Waals surface area contributed by atoms with Crippen LogP contribution in [0.4, 0.5) is 10.8 Å². The first-order valence-electron chi connectivity index (χ1n) is 7.53. The molecule has 0 saturated carbocycles. The van der Waals surface area contributed by atoms with Gasteiger partial charge in [-0.1, -0.05) is 11.6 Å². The Morgan fingerprint density at radius 3 is 2.92 bits per heavy atom. The number of nitrogens with one attached hydrogen (secondary N) is 1. The maximum Gasteiger partial charge on any atom is 0.264 e. The van der Waals surface area contributed by atoms with E-state index in [0.29, 0.717) is 16.5 Å². The number of anilines is 2. The van der Waals surface area contributed by atoms with Gasteiger partial charge < -0.3 is 19.9 Å². The van der Waals surface area contributed by atoms with Gasteiger partial charge in [-0.05, 0) is 26.2 Å². The lowest BCUT2D eigenvalue weighted by molar-refractivity contribution is -0.120. The third kappa shape index (κ3) is 4.44. The van der Waals surface area contributed by atoms with E-state index in [0.717, 1.165) is 29.5 Å². The van der Waals surface area contributed by atoms with E-state index in [-0.39, 0.29) is 29.5 Å². The van der Waals surface area contributed by atoms with Gasteiger partial charge in [0.1, 0.15) is 0 Å². The normalized spacial score (nSPS) is 13.3. The molecule has 1 amide bonds. The first-order chi connectivity index (χ1) is 11.5. The molecule has 0 radical (unpaired) electrons. The standard InChI is InChI=1S/C16H19ClN4O2S.BrH/c1-20(2)5-4-18-16-19-12(9-24-16)11-6-10(17)7-13-15(11)23-8-14(22)21(13)3;/h6-7,9H,4-5,8H2,1-3H3,(H,18,19);1H. The number of aromatic nitrogens is 1. The van der Waals surface area contributed by atoms with Crippen LogP contribution in [0.5, 0.6) is 5.75 Å². The lowest BCUT2D eigenvalue weighted by Gasteiger charge is -2.27. The molecule has 1 aliphatic rings. The van der Waals surface area contributed by atoms with Crippen molar-refractivity contribution in [2.45, 2.75) is 0 Å². The molecule has 1 aromatic carbocycles. The lowest BCUT2D eigenvalue weighted by atomic mass is 10.1. The van der Waals surface area contributed by atoms with Crippen LogP contribution < -0.4 is 15.0 Å².